The average molecular weight is 406 g/mol. The molecule has 1 aliphatic heterocycles. The molecule has 0 radical (unpaired) electrons. The number of halogens is 3. The van der Waals surface area contributed by atoms with Crippen molar-refractivity contribution >= 4 is 16.7 Å². The fourth-order valence-electron chi connectivity index (χ4n) is 4.31. The molecule has 1 aliphatic rings. The molecule has 0 aromatic heterocycles. The number of hydrogen-bond donors (Lipinski definition) is 1. The normalized spacial score (nSPS) is 18.2. The molecule has 2 aromatic carbocycles. The van der Waals surface area contributed by atoms with Crippen molar-refractivity contribution in [3.63, 3.8) is 0 Å². The highest BCUT2D eigenvalue weighted by Crippen LogP contribution is 2.45. The number of amides is 1. The van der Waals surface area contributed by atoms with Crippen LogP contribution in [0.4, 0.5) is 13.2 Å². The molecule has 0 aliphatic carbocycles. The first-order chi connectivity index (χ1) is 13.6. The summed E-state index contributed by atoms with van der Waals surface area (Å²) in [5.74, 6) is -0.385. The van der Waals surface area contributed by atoms with Crippen molar-refractivity contribution in [2.24, 2.45) is 0 Å². The molecule has 29 heavy (non-hydrogen) atoms. The van der Waals surface area contributed by atoms with Crippen LogP contribution in [0.3, 0.4) is 0 Å². The van der Waals surface area contributed by atoms with E-state index in [2.05, 4.69) is 12.3 Å². The highest BCUT2D eigenvalue weighted by atomic mass is 19.4. The number of hydrogen-bond acceptors (Lipinski definition) is 2. The zero-order valence-electron chi connectivity index (χ0n) is 17.3. The minimum atomic E-state index is -4.53. The van der Waals surface area contributed by atoms with E-state index >= 15 is 0 Å². The summed E-state index contributed by atoms with van der Waals surface area (Å²) in [6.07, 6.45) is 0.496. The van der Waals surface area contributed by atoms with Crippen molar-refractivity contribution in [2.75, 3.05) is 0 Å². The van der Waals surface area contributed by atoms with Gasteiger partial charge >= 0.3 is 6.18 Å². The van der Waals surface area contributed by atoms with Crippen molar-refractivity contribution < 1.29 is 18.0 Å². The molecular formula is C23H29F3N2O. The molecule has 0 saturated carbocycles. The Labute approximate surface area is 170 Å². The van der Waals surface area contributed by atoms with Gasteiger partial charge in [-0.05, 0) is 48.6 Å². The van der Waals surface area contributed by atoms with E-state index in [0.29, 0.717) is 5.39 Å². The lowest BCUT2D eigenvalue weighted by molar-refractivity contribution is -0.203. The number of hydrazine groups is 1. The minimum Gasteiger partial charge on any atom is -0.287 e. The predicted octanol–water partition coefficient (Wildman–Crippen LogP) is 6.08. The summed E-state index contributed by atoms with van der Waals surface area (Å²) in [7, 11) is 0. The lowest BCUT2D eigenvalue weighted by Crippen LogP contribution is -2.51. The van der Waals surface area contributed by atoms with Gasteiger partial charge in [-0.3, -0.25) is 10.2 Å². The van der Waals surface area contributed by atoms with Crippen molar-refractivity contribution in [1.82, 2.24) is 10.4 Å². The third kappa shape index (κ3) is 4.58. The van der Waals surface area contributed by atoms with E-state index in [4.69, 9.17) is 0 Å². The topological polar surface area (TPSA) is 32.3 Å². The summed E-state index contributed by atoms with van der Waals surface area (Å²) >= 11 is 0. The van der Waals surface area contributed by atoms with Gasteiger partial charge in [0.05, 0.1) is 0 Å². The van der Waals surface area contributed by atoms with Crippen LogP contribution in [0.25, 0.3) is 10.8 Å². The first-order valence-electron chi connectivity index (χ1n) is 10.3. The summed E-state index contributed by atoms with van der Waals surface area (Å²) < 4.78 is 43.0. The van der Waals surface area contributed by atoms with E-state index in [1.807, 2.05) is 24.3 Å². The van der Waals surface area contributed by atoms with Crippen LogP contribution >= 0.6 is 0 Å². The average Bonchev–Trinajstić information content (AvgIpc) is 2.90. The molecule has 1 fully saturated rings. The maximum Gasteiger partial charge on any atom is 0.409 e. The number of carbonyl (C=O) groups is 1. The van der Waals surface area contributed by atoms with Crippen molar-refractivity contribution in [1.29, 1.82) is 0 Å². The highest BCUT2D eigenvalue weighted by Gasteiger charge is 2.53. The fourth-order valence-corrected chi connectivity index (χ4v) is 4.31. The number of unbranched alkanes of at least 4 members (excludes halogenated alkanes) is 3. The van der Waals surface area contributed by atoms with Crippen LogP contribution in [0.15, 0.2) is 36.4 Å². The van der Waals surface area contributed by atoms with E-state index in [9.17, 15) is 18.0 Å². The van der Waals surface area contributed by atoms with Gasteiger partial charge in [0.15, 0.2) is 6.04 Å². The second-order valence-electron chi connectivity index (χ2n) is 8.51. The van der Waals surface area contributed by atoms with E-state index < -0.39 is 17.8 Å². The summed E-state index contributed by atoms with van der Waals surface area (Å²) in [5.41, 5.74) is 2.67. The van der Waals surface area contributed by atoms with Crippen LogP contribution in [0.2, 0.25) is 0 Å². The maximum absolute atomic E-state index is 14.3. The number of rotatable bonds is 7. The third-order valence-corrected chi connectivity index (χ3v) is 5.68. The number of nitrogens with zero attached hydrogens (tertiary/aromatic N) is 1. The summed E-state index contributed by atoms with van der Waals surface area (Å²) in [5, 5.41) is 2.55. The smallest absolute Gasteiger partial charge is 0.287 e. The third-order valence-electron chi connectivity index (χ3n) is 5.68. The van der Waals surface area contributed by atoms with Crippen LogP contribution in [0.5, 0.6) is 0 Å². The van der Waals surface area contributed by atoms with E-state index in [1.165, 1.54) is 0 Å². The molecule has 1 N–H and O–H groups in total. The Morgan fingerprint density at radius 2 is 1.79 bits per heavy atom. The molecule has 3 nitrogen and oxygen atoms in total. The fraction of sp³-hybridized carbons (Fsp3) is 0.522. The van der Waals surface area contributed by atoms with Crippen LogP contribution < -0.4 is 5.43 Å². The van der Waals surface area contributed by atoms with Crippen LogP contribution in [-0.4, -0.2) is 22.6 Å². The minimum absolute atomic E-state index is 0.0359. The Morgan fingerprint density at radius 3 is 2.38 bits per heavy atom. The molecule has 1 amide bonds. The van der Waals surface area contributed by atoms with Crippen molar-refractivity contribution in [2.45, 2.75) is 77.1 Å². The predicted molar refractivity (Wildman–Crippen MR) is 109 cm³/mol. The van der Waals surface area contributed by atoms with Gasteiger partial charge in [-0.25, -0.2) is 0 Å². The molecule has 158 valence electrons. The van der Waals surface area contributed by atoms with Gasteiger partial charge in [-0.1, -0.05) is 62.6 Å². The van der Waals surface area contributed by atoms with Crippen LogP contribution in [0, 0.1) is 0 Å². The van der Waals surface area contributed by atoms with Crippen LogP contribution in [0.1, 0.15) is 70.0 Å². The zero-order chi connectivity index (χ0) is 21.2. The Morgan fingerprint density at radius 1 is 1.10 bits per heavy atom. The lowest BCUT2D eigenvalue weighted by atomic mass is 9.90. The molecule has 1 saturated heterocycles. The molecule has 2 aromatic rings. The van der Waals surface area contributed by atoms with Crippen LogP contribution in [-0.2, 0) is 11.2 Å². The summed E-state index contributed by atoms with van der Waals surface area (Å²) in [4.78, 5) is 11.9. The first kappa shape index (κ1) is 21.6. The number of benzene rings is 2. The van der Waals surface area contributed by atoms with E-state index in [1.54, 1.807) is 26.0 Å². The first-order valence-corrected chi connectivity index (χ1v) is 10.3. The number of aryl methyl sites for hydroxylation is 1. The summed E-state index contributed by atoms with van der Waals surface area (Å²) in [6, 6.07) is 8.87. The monoisotopic (exact) mass is 406 g/mol. The Balaban J connectivity index is 2.11. The van der Waals surface area contributed by atoms with Gasteiger partial charge in [0.2, 0.25) is 5.91 Å². The van der Waals surface area contributed by atoms with E-state index in [-0.39, 0.29) is 17.9 Å². The SMILES string of the molecule is CCCCCCc1cccc2cccc(C(N3NC(=O)CC3(C)C)C(F)(F)F)c12. The standard InChI is InChI=1S/C23H29F3N2O/c1-4-5-6-7-10-16-11-8-12-17-13-9-14-18(20(16)17)21(23(24,25)26)28-22(2,3)15-19(29)27-28/h8-9,11-14,21H,4-7,10,15H2,1-3H3,(H,27,29). The Bertz CT molecular complexity index is 871. The second-order valence-corrected chi connectivity index (χ2v) is 8.51. The molecule has 6 heteroatoms. The molecule has 3 rings (SSSR count). The van der Waals surface area contributed by atoms with Crippen molar-refractivity contribution in [3.8, 4) is 0 Å². The van der Waals surface area contributed by atoms with Gasteiger partial charge in [0.25, 0.3) is 0 Å². The molecule has 1 unspecified atom stereocenters. The highest BCUT2D eigenvalue weighted by molar-refractivity contribution is 5.89. The zero-order valence-corrected chi connectivity index (χ0v) is 17.3. The van der Waals surface area contributed by atoms with Gasteiger partial charge in [0.1, 0.15) is 0 Å². The summed E-state index contributed by atoms with van der Waals surface area (Å²) in [6.45, 7) is 5.47. The molecule has 0 spiro atoms. The second kappa shape index (κ2) is 8.34. The maximum atomic E-state index is 14.3. The molecular weight excluding hydrogens is 377 g/mol. The number of fused-ring (bicyclic) bond motifs is 1. The molecule has 0 bridgehead atoms. The quantitative estimate of drug-likeness (QED) is 0.565. The number of carbonyl (C=O) groups excluding carboxylic acids is 1. The number of alkyl halides is 3. The van der Waals surface area contributed by atoms with Gasteiger partial charge in [0, 0.05) is 12.0 Å². The van der Waals surface area contributed by atoms with Gasteiger partial charge < -0.3 is 0 Å². The largest absolute Gasteiger partial charge is 0.409 e. The number of nitrogens with one attached hydrogen (secondary N) is 1. The lowest BCUT2D eigenvalue weighted by Gasteiger charge is -2.38. The van der Waals surface area contributed by atoms with Crippen molar-refractivity contribution in [3.05, 3.63) is 47.5 Å². The Kier molecular flexibility index (Phi) is 6.22. The van der Waals surface area contributed by atoms with Gasteiger partial charge in [-0.15, -0.1) is 0 Å². The molecule has 1 atom stereocenters. The van der Waals surface area contributed by atoms with Gasteiger partial charge in [-0.2, -0.15) is 18.2 Å². The Hall–Kier alpha value is -2.08. The van der Waals surface area contributed by atoms with E-state index in [0.717, 1.165) is 48.1 Å². The molecule has 1 heterocycles.